The summed E-state index contributed by atoms with van der Waals surface area (Å²) in [6, 6.07) is 3.88. The molecule has 0 bridgehead atoms. The molecule has 0 aromatic heterocycles. The van der Waals surface area contributed by atoms with Crippen molar-refractivity contribution in [2.75, 3.05) is 28.1 Å². The molecule has 2 aliphatic carbocycles. The van der Waals surface area contributed by atoms with Gasteiger partial charge >= 0.3 is 0 Å². The van der Waals surface area contributed by atoms with Crippen molar-refractivity contribution < 1.29 is 18.9 Å². The lowest BCUT2D eigenvalue weighted by molar-refractivity contribution is -0.0520. The van der Waals surface area contributed by atoms with Crippen molar-refractivity contribution in [2.24, 2.45) is 22.7 Å². The first-order chi connectivity index (χ1) is 13.8. The Balaban J connectivity index is 2.04. The molecule has 2 aliphatic rings. The molecule has 0 spiro atoms. The molecule has 0 amide bonds. The molecule has 2 fully saturated rings. The predicted octanol–water partition coefficient (Wildman–Crippen LogP) is 6.03. The van der Waals surface area contributed by atoms with E-state index >= 15 is 0 Å². The number of benzene rings is 1. The molecule has 0 saturated heterocycles. The number of hydrogen-bond donors (Lipinski definition) is 0. The third-order valence-electron chi connectivity index (χ3n) is 7.67. The Morgan fingerprint density at radius 3 is 2.38 bits per heavy atom. The number of rotatable bonds is 7. The standard InChI is InChI=1S/C25H38O4/c1-17-9-12-22-24(2,3)13-8-14-25(22,4)19(17)15-18-20(27-6)10-11-21(28-7)23(18)29-16-26-5/h10-11,19,22H,1,8-9,12-16H2,2-7H3/t19-,22-,25+/m0/s1. The second-order valence-electron chi connectivity index (χ2n) is 9.68. The van der Waals surface area contributed by atoms with Crippen LogP contribution in [0.1, 0.15) is 58.4 Å². The summed E-state index contributed by atoms with van der Waals surface area (Å²) in [6.07, 6.45) is 7.06. The Hall–Kier alpha value is -1.68. The zero-order valence-electron chi connectivity index (χ0n) is 19.1. The fraction of sp³-hybridized carbons (Fsp3) is 0.680. The fourth-order valence-corrected chi connectivity index (χ4v) is 6.27. The molecule has 3 rings (SSSR count). The van der Waals surface area contributed by atoms with Crippen molar-refractivity contribution in [3.05, 3.63) is 29.8 Å². The van der Waals surface area contributed by atoms with Gasteiger partial charge in [-0.3, -0.25) is 0 Å². The Kier molecular flexibility index (Phi) is 6.52. The minimum Gasteiger partial charge on any atom is -0.496 e. The van der Waals surface area contributed by atoms with Crippen LogP contribution in [-0.4, -0.2) is 28.1 Å². The topological polar surface area (TPSA) is 36.9 Å². The third-order valence-corrected chi connectivity index (χ3v) is 7.67. The normalized spacial score (nSPS) is 28.6. The van der Waals surface area contributed by atoms with Crippen LogP contribution >= 0.6 is 0 Å². The lowest BCUT2D eigenvalue weighted by Crippen LogP contribution is -2.50. The first kappa shape index (κ1) is 22.0. The minimum absolute atomic E-state index is 0.176. The van der Waals surface area contributed by atoms with E-state index in [0.717, 1.165) is 29.9 Å². The van der Waals surface area contributed by atoms with Crippen LogP contribution in [0.25, 0.3) is 0 Å². The molecule has 0 N–H and O–H groups in total. The second kappa shape index (κ2) is 8.59. The van der Waals surface area contributed by atoms with Gasteiger partial charge in [0.15, 0.2) is 18.3 Å². The summed E-state index contributed by atoms with van der Waals surface area (Å²) < 4.78 is 22.5. The number of allylic oxidation sites excluding steroid dienone is 1. The molecular weight excluding hydrogens is 364 g/mol. The van der Waals surface area contributed by atoms with E-state index in [4.69, 9.17) is 18.9 Å². The van der Waals surface area contributed by atoms with Crippen LogP contribution in [0.4, 0.5) is 0 Å². The largest absolute Gasteiger partial charge is 0.496 e. The first-order valence-corrected chi connectivity index (χ1v) is 10.8. The van der Waals surface area contributed by atoms with E-state index in [-0.39, 0.29) is 12.2 Å². The van der Waals surface area contributed by atoms with Gasteiger partial charge in [-0.25, -0.2) is 0 Å². The van der Waals surface area contributed by atoms with E-state index in [1.807, 2.05) is 12.1 Å². The number of fused-ring (bicyclic) bond motifs is 1. The minimum atomic E-state index is 0.176. The van der Waals surface area contributed by atoms with E-state index in [2.05, 4.69) is 27.4 Å². The average Bonchev–Trinajstić information content (AvgIpc) is 2.68. The maximum atomic E-state index is 5.98. The van der Waals surface area contributed by atoms with Gasteiger partial charge in [0, 0.05) is 12.7 Å². The highest BCUT2D eigenvalue weighted by atomic mass is 16.7. The molecule has 3 atom stereocenters. The highest BCUT2D eigenvalue weighted by Gasteiger charge is 2.53. The quantitative estimate of drug-likeness (QED) is 0.412. The summed E-state index contributed by atoms with van der Waals surface area (Å²) in [5.41, 5.74) is 3.04. The van der Waals surface area contributed by atoms with Crippen LogP contribution in [0.3, 0.4) is 0 Å². The summed E-state index contributed by atoms with van der Waals surface area (Å²) in [7, 11) is 5.02. The van der Waals surface area contributed by atoms with Crippen molar-refractivity contribution in [1.29, 1.82) is 0 Å². The van der Waals surface area contributed by atoms with Gasteiger partial charge in [0.25, 0.3) is 0 Å². The Bertz CT molecular complexity index is 739. The summed E-state index contributed by atoms with van der Waals surface area (Å²) >= 11 is 0. The summed E-state index contributed by atoms with van der Waals surface area (Å²) in [5, 5.41) is 0. The maximum absolute atomic E-state index is 5.98. The smallest absolute Gasteiger partial charge is 0.188 e. The van der Waals surface area contributed by atoms with Crippen LogP contribution in [0.2, 0.25) is 0 Å². The van der Waals surface area contributed by atoms with Crippen molar-refractivity contribution in [1.82, 2.24) is 0 Å². The highest BCUT2D eigenvalue weighted by molar-refractivity contribution is 5.54. The molecule has 4 nitrogen and oxygen atoms in total. The monoisotopic (exact) mass is 402 g/mol. The van der Waals surface area contributed by atoms with Crippen molar-refractivity contribution in [3.63, 3.8) is 0 Å². The van der Waals surface area contributed by atoms with Crippen LogP contribution in [0.5, 0.6) is 17.2 Å². The first-order valence-electron chi connectivity index (χ1n) is 10.8. The highest BCUT2D eigenvalue weighted by Crippen LogP contribution is 2.62. The molecule has 162 valence electrons. The SMILES string of the molecule is C=C1CC[C@H]2C(C)(C)CCC[C@]2(C)[C@H]1Cc1c(OC)ccc(OC)c1OCOC. The lowest BCUT2D eigenvalue weighted by atomic mass is 9.47. The van der Waals surface area contributed by atoms with Crippen molar-refractivity contribution >= 4 is 0 Å². The number of ether oxygens (including phenoxy) is 4. The predicted molar refractivity (Wildman–Crippen MR) is 117 cm³/mol. The molecule has 2 saturated carbocycles. The van der Waals surface area contributed by atoms with E-state index in [0.29, 0.717) is 23.0 Å². The molecule has 0 radical (unpaired) electrons. The number of methoxy groups -OCH3 is 3. The third kappa shape index (κ3) is 4.01. The van der Waals surface area contributed by atoms with Gasteiger partial charge < -0.3 is 18.9 Å². The zero-order valence-corrected chi connectivity index (χ0v) is 19.1. The van der Waals surface area contributed by atoms with Gasteiger partial charge in [-0.2, -0.15) is 0 Å². The van der Waals surface area contributed by atoms with Crippen molar-refractivity contribution in [3.8, 4) is 17.2 Å². The van der Waals surface area contributed by atoms with Gasteiger partial charge in [-0.05, 0) is 66.9 Å². The fourth-order valence-electron chi connectivity index (χ4n) is 6.27. The molecule has 1 aromatic carbocycles. The molecule has 29 heavy (non-hydrogen) atoms. The van der Waals surface area contributed by atoms with Crippen LogP contribution in [-0.2, 0) is 11.2 Å². The molecular formula is C25H38O4. The van der Waals surface area contributed by atoms with Gasteiger partial charge in [0.2, 0.25) is 0 Å². The van der Waals surface area contributed by atoms with Gasteiger partial charge in [-0.15, -0.1) is 0 Å². The molecule has 1 aromatic rings. The lowest BCUT2D eigenvalue weighted by Gasteiger charge is -2.58. The van der Waals surface area contributed by atoms with Gasteiger partial charge in [0.1, 0.15) is 5.75 Å². The molecule has 0 unspecified atom stereocenters. The van der Waals surface area contributed by atoms with Gasteiger partial charge in [0.05, 0.1) is 14.2 Å². The Morgan fingerprint density at radius 2 is 1.72 bits per heavy atom. The van der Waals surface area contributed by atoms with E-state index in [9.17, 15) is 0 Å². The summed E-state index contributed by atoms with van der Waals surface area (Å²) in [6.45, 7) is 12.1. The van der Waals surface area contributed by atoms with Crippen LogP contribution in [0.15, 0.2) is 24.3 Å². The second-order valence-corrected chi connectivity index (χ2v) is 9.68. The summed E-state index contributed by atoms with van der Waals surface area (Å²) in [5.74, 6) is 3.38. The molecule has 0 heterocycles. The Labute approximate surface area is 176 Å². The van der Waals surface area contributed by atoms with E-state index < -0.39 is 0 Å². The molecule has 4 heteroatoms. The number of hydrogen-bond acceptors (Lipinski definition) is 4. The maximum Gasteiger partial charge on any atom is 0.188 e. The van der Waals surface area contributed by atoms with E-state index in [1.54, 1.807) is 21.3 Å². The molecule has 0 aliphatic heterocycles. The van der Waals surface area contributed by atoms with Crippen LogP contribution < -0.4 is 14.2 Å². The summed E-state index contributed by atoms with van der Waals surface area (Å²) in [4.78, 5) is 0. The van der Waals surface area contributed by atoms with E-state index in [1.165, 1.54) is 31.3 Å². The van der Waals surface area contributed by atoms with Gasteiger partial charge in [-0.1, -0.05) is 39.3 Å². The zero-order chi connectivity index (χ0) is 21.2. The Morgan fingerprint density at radius 1 is 1.03 bits per heavy atom. The van der Waals surface area contributed by atoms with Crippen LogP contribution in [0, 0.1) is 22.7 Å². The van der Waals surface area contributed by atoms with Crippen molar-refractivity contribution in [2.45, 2.75) is 59.3 Å². The average molecular weight is 403 g/mol.